The molecule has 2 heterocycles. The Morgan fingerprint density at radius 1 is 1.10 bits per heavy atom. The number of carbonyl (C=O) groups excluding carboxylic acids is 1. The maximum Gasteiger partial charge on any atom is 0.226 e. The third kappa shape index (κ3) is 2.37. The van der Waals surface area contributed by atoms with Crippen LogP contribution in [0.2, 0.25) is 0 Å². The summed E-state index contributed by atoms with van der Waals surface area (Å²) >= 11 is 0. The summed E-state index contributed by atoms with van der Waals surface area (Å²) < 4.78 is 25.0. The van der Waals surface area contributed by atoms with Crippen LogP contribution in [-0.2, 0) is 14.8 Å². The summed E-state index contributed by atoms with van der Waals surface area (Å²) in [6.45, 7) is 2.92. The number of nitrogens with zero attached hydrogens (tertiary/aromatic N) is 2. The minimum atomic E-state index is -3.13. The Morgan fingerprint density at radius 2 is 1.80 bits per heavy atom. The van der Waals surface area contributed by atoms with Crippen LogP contribution in [0.3, 0.4) is 0 Å². The molecule has 0 unspecified atom stereocenters. The lowest BCUT2D eigenvalue weighted by Crippen LogP contribution is -2.42. The molecular formula is C14H24N2O3S. The van der Waals surface area contributed by atoms with Crippen LogP contribution < -0.4 is 0 Å². The van der Waals surface area contributed by atoms with Crippen molar-refractivity contribution in [1.82, 2.24) is 9.21 Å². The number of likely N-dealkylation sites (tertiary alicyclic amines) is 1. The summed E-state index contributed by atoms with van der Waals surface area (Å²) in [5, 5.41) is 0. The van der Waals surface area contributed by atoms with Crippen molar-refractivity contribution in [2.24, 2.45) is 11.3 Å². The van der Waals surface area contributed by atoms with Crippen molar-refractivity contribution in [2.45, 2.75) is 38.5 Å². The van der Waals surface area contributed by atoms with E-state index >= 15 is 0 Å². The normalized spacial score (nSPS) is 35.2. The van der Waals surface area contributed by atoms with Crippen molar-refractivity contribution >= 4 is 15.9 Å². The first kappa shape index (κ1) is 14.3. The van der Waals surface area contributed by atoms with E-state index in [9.17, 15) is 13.2 Å². The smallest absolute Gasteiger partial charge is 0.226 e. The van der Waals surface area contributed by atoms with E-state index in [0.29, 0.717) is 13.1 Å². The van der Waals surface area contributed by atoms with E-state index < -0.39 is 10.0 Å². The number of hydrogen-bond donors (Lipinski definition) is 0. The van der Waals surface area contributed by atoms with Crippen LogP contribution in [0.15, 0.2) is 0 Å². The van der Waals surface area contributed by atoms with Crippen molar-refractivity contribution in [3.63, 3.8) is 0 Å². The maximum absolute atomic E-state index is 12.7. The Morgan fingerprint density at radius 3 is 2.40 bits per heavy atom. The quantitative estimate of drug-likeness (QED) is 0.766. The van der Waals surface area contributed by atoms with E-state index in [2.05, 4.69) is 0 Å². The van der Waals surface area contributed by atoms with Gasteiger partial charge in [0.15, 0.2) is 0 Å². The second kappa shape index (κ2) is 4.98. The molecule has 0 N–H and O–H groups in total. The van der Waals surface area contributed by atoms with Crippen LogP contribution in [0.5, 0.6) is 0 Å². The zero-order valence-electron chi connectivity index (χ0n) is 12.2. The molecule has 3 aliphatic rings. The molecule has 114 valence electrons. The lowest BCUT2D eigenvalue weighted by Gasteiger charge is -2.33. The topological polar surface area (TPSA) is 57.7 Å². The van der Waals surface area contributed by atoms with E-state index in [1.165, 1.54) is 6.26 Å². The fourth-order valence-corrected chi connectivity index (χ4v) is 5.22. The van der Waals surface area contributed by atoms with Crippen molar-refractivity contribution in [3.8, 4) is 0 Å². The first-order chi connectivity index (χ1) is 9.42. The van der Waals surface area contributed by atoms with E-state index in [0.717, 1.165) is 51.6 Å². The van der Waals surface area contributed by atoms with E-state index in [-0.39, 0.29) is 17.2 Å². The molecule has 2 atom stereocenters. The highest BCUT2D eigenvalue weighted by atomic mass is 32.2. The van der Waals surface area contributed by atoms with E-state index in [4.69, 9.17) is 0 Å². The van der Waals surface area contributed by atoms with Crippen LogP contribution in [0.25, 0.3) is 0 Å². The number of sulfonamides is 1. The highest BCUT2D eigenvalue weighted by molar-refractivity contribution is 7.88. The molecule has 2 saturated heterocycles. The van der Waals surface area contributed by atoms with Gasteiger partial charge in [-0.1, -0.05) is 6.42 Å². The Balaban J connectivity index is 1.77. The monoisotopic (exact) mass is 300 g/mol. The molecule has 3 fully saturated rings. The van der Waals surface area contributed by atoms with Gasteiger partial charge in [-0.05, 0) is 37.5 Å². The van der Waals surface area contributed by atoms with Gasteiger partial charge in [-0.25, -0.2) is 12.7 Å². The Hall–Kier alpha value is -0.620. The average Bonchev–Trinajstić information content (AvgIpc) is 3.09. The molecule has 20 heavy (non-hydrogen) atoms. The summed E-state index contributed by atoms with van der Waals surface area (Å²) in [6.07, 6.45) is 7.35. The number of amides is 1. The van der Waals surface area contributed by atoms with Crippen LogP contribution in [0.1, 0.15) is 38.5 Å². The van der Waals surface area contributed by atoms with Gasteiger partial charge >= 0.3 is 0 Å². The number of rotatable bonds is 2. The number of hydrogen-bond acceptors (Lipinski definition) is 3. The summed E-state index contributed by atoms with van der Waals surface area (Å²) in [7, 11) is -3.13. The van der Waals surface area contributed by atoms with Crippen LogP contribution in [-0.4, -0.2) is 56.0 Å². The van der Waals surface area contributed by atoms with Gasteiger partial charge in [0, 0.05) is 32.1 Å². The molecule has 0 aromatic carbocycles. The van der Waals surface area contributed by atoms with Crippen molar-refractivity contribution in [3.05, 3.63) is 0 Å². The third-order valence-electron chi connectivity index (χ3n) is 5.44. The average molecular weight is 300 g/mol. The molecule has 0 aromatic rings. The Kier molecular flexibility index (Phi) is 3.57. The largest absolute Gasteiger partial charge is 0.342 e. The second-order valence-electron chi connectivity index (χ2n) is 6.69. The van der Waals surface area contributed by atoms with Gasteiger partial charge in [0.2, 0.25) is 15.9 Å². The fourth-order valence-electron chi connectivity index (χ4n) is 4.31. The van der Waals surface area contributed by atoms with Gasteiger partial charge in [-0.2, -0.15) is 0 Å². The van der Waals surface area contributed by atoms with Gasteiger partial charge in [0.05, 0.1) is 6.26 Å². The highest BCUT2D eigenvalue weighted by Crippen LogP contribution is 2.51. The van der Waals surface area contributed by atoms with Crippen LogP contribution >= 0.6 is 0 Å². The summed E-state index contributed by atoms with van der Waals surface area (Å²) in [4.78, 5) is 14.7. The first-order valence-corrected chi connectivity index (χ1v) is 9.51. The number of carbonyl (C=O) groups is 1. The minimum absolute atomic E-state index is 0.0485. The molecular weight excluding hydrogens is 276 g/mol. The molecule has 6 heteroatoms. The van der Waals surface area contributed by atoms with Gasteiger partial charge < -0.3 is 4.90 Å². The predicted octanol–water partition coefficient (Wildman–Crippen LogP) is 1.06. The summed E-state index contributed by atoms with van der Waals surface area (Å²) in [5.74, 6) is 0.336. The second-order valence-corrected chi connectivity index (χ2v) is 8.67. The minimum Gasteiger partial charge on any atom is -0.342 e. The Labute approximate surface area is 121 Å². The van der Waals surface area contributed by atoms with Gasteiger partial charge in [0.25, 0.3) is 0 Å². The predicted molar refractivity (Wildman–Crippen MR) is 76.6 cm³/mol. The van der Waals surface area contributed by atoms with Gasteiger partial charge in [-0.3, -0.25) is 4.79 Å². The maximum atomic E-state index is 12.7. The van der Waals surface area contributed by atoms with Gasteiger partial charge in [-0.15, -0.1) is 0 Å². The zero-order chi connectivity index (χ0) is 14.4. The summed E-state index contributed by atoms with van der Waals surface area (Å²) in [5.41, 5.74) is -0.0806. The van der Waals surface area contributed by atoms with E-state index in [1.807, 2.05) is 4.90 Å². The van der Waals surface area contributed by atoms with Crippen molar-refractivity contribution in [2.75, 3.05) is 32.4 Å². The van der Waals surface area contributed by atoms with Crippen molar-refractivity contribution in [1.29, 1.82) is 0 Å². The lowest BCUT2D eigenvalue weighted by atomic mass is 9.76. The SMILES string of the molecule is CS(=O)(=O)N1CC[C@@]2(CCC[C@@H]2C(=O)N2CCCC2)C1. The van der Waals surface area contributed by atoms with Crippen LogP contribution in [0, 0.1) is 11.3 Å². The standard InChI is InChI=1S/C14H24N2O3S/c1-20(18,19)16-10-7-14(11-16)6-4-5-12(14)13(17)15-8-2-3-9-15/h12H,2-11H2,1H3/t12-,14+/m1/s1. The lowest BCUT2D eigenvalue weighted by molar-refractivity contribution is -0.137. The molecule has 0 bridgehead atoms. The molecule has 2 aliphatic heterocycles. The summed E-state index contributed by atoms with van der Waals surface area (Å²) in [6, 6.07) is 0. The zero-order valence-corrected chi connectivity index (χ0v) is 13.0. The van der Waals surface area contributed by atoms with Crippen LogP contribution in [0.4, 0.5) is 0 Å². The molecule has 5 nitrogen and oxygen atoms in total. The van der Waals surface area contributed by atoms with Gasteiger partial charge in [0.1, 0.15) is 0 Å². The molecule has 1 amide bonds. The van der Waals surface area contributed by atoms with Crippen molar-refractivity contribution < 1.29 is 13.2 Å². The third-order valence-corrected chi connectivity index (χ3v) is 6.69. The van der Waals surface area contributed by atoms with E-state index in [1.54, 1.807) is 4.31 Å². The molecule has 1 saturated carbocycles. The molecule has 3 rings (SSSR count). The molecule has 0 aromatic heterocycles. The first-order valence-electron chi connectivity index (χ1n) is 7.66. The highest BCUT2D eigenvalue weighted by Gasteiger charge is 2.52. The molecule has 0 radical (unpaired) electrons. The molecule has 1 aliphatic carbocycles. The fraction of sp³-hybridized carbons (Fsp3) is 0.929. The Bertz CT molecular complexity index is 499. The molecule has 1 spiro atoms.